The third-order valence-electron chi connectivity index (χ3n) is 5.61. The average Bonchev–Trinajstić information content (AvgIpc) is 2.69. The van der Waals surface area contributed by atoms with Gasteiger partial charge in [-0.15, -0.1) is 0 Å². The highest BCUT2D eigenvalue weighted by atomic mass is 16.5. The van der Waals surface area contributed by atoms with Crippen molar-refractivity contribution in [1.29, 1.82) is 0 Å². The van der Waals surface area contributed by atoms with Crippen LogP contribution in [0.5, 0.6) is 5.75 Å². The summed E-state index contributed by atoms with van der Waals surface area (Å²) in [5.41, 5.74) is 1.17. The Morgan fingerprint density at radius 2 is 2.12 bits per heavy atom. The number of methoxy groups -OCH3 is 1. The molecule has 2 saturated heterocycles. The summed E-state index contributed by atoms with van der Waals surface area (Å²) in [5, 5.41) is 3.35. The zero-order valence-electron chi connectivity index (χ0n) is 16.2. The average molecular weight is 360 g/mol. The molecule has 1 N–H and O–H groups in total. The lowest BCUT2D eigenvalue weighted by Gasteiger charge is -2.38. The summed E-state index contributed by atoms with van der Waals surface area (Å²) < 4.78 is 5.35. The summed E-state index contributed by atoms with van der Waals surface area (Å²) in [7, 11) is 1.70. The molecular weight excluding hydrogens is 326 g/mol. The second kappa shape index (κ2) is 9.26. The zero-order chi connectivity index (χ0) is 18.4. The van der Waals surface area contributed by atoms with Gasteiger partial charge in [-0.05, 0) is 57.3 Å². The topological polar surface area (TPSA) is 44.8 Å². The van der Waals surface area contributed by atoms with E-state index in [1.165, 1.54) is 18.5 Å². The number of rotatable bonds is 6. The van der Waals surface area contributed by atoms with Crippen LogP contribution >= 0.6 is 0 Å². The van der Waals surface area contributed by atoms with Crippen LogP contribution in [0.25, 0.3) is 0 Å². The summed E-state index contributed by atoms with van der Waals surface area (Å²) >= 11 is 0. The van der Waals surface area contributed by atoms with E-state index in [0.717, 1.165) is 57.6 Å². The molecule has 0 spiro atoms. The number of ether oxygens (including phenoxy) is 1. The van der Waals surface area contributed by atoms with Crippen LogP contribution in [0.1, 0.15) is 45.4 Å². The van der Waals surface area contributed by atoms with Gasteiger partial charge < -0.3 is 15.0 Å². The molecule has 144 valence electrons. The molecule has 0 saturated carbocycles. The minimum absolute atomic E-state index is 0.0656. The van der Waals surface area contributed by atoms with Crippen LogP contribution < -0.4 is 15.0 Å². The fourth-order valence-corrected chi connectivity index (χ4v) is 4.28. The lowest BCUT2D eigenvalue weighted by atomic mass is 9.99. The molecule has 5 nitrogen and oxygen atoms in total. The first-order valence-electron chi connectivity index (χ1n) is 10.1. The first-order valence-corrected chi connectivity index (χ1v) is 10.1. The van der Waals surface area contributed by atoms with Crippen molar-refractivity contribution in [1.82, 2.24) is 10.2 Å². The Morgan fingerprint density at radius 3 is 2.92 bits per heavy atom. The van der Waals surface area contributed by atoms with Crippen LogP contribution in [0, 0.1) is 0 Å². The van der Waals surface area contributed by atoms with Gasteiger partial charge in [0.2, 0.25) is 5.91 Å². The van der Waals surface area contributed by atoms with E-state index in [0.29, 0.717) is 0 Å². The molecule has 26 heavy (non-hydrogen) atoms. The van der Waals surface area contributed by atoms with Crippen molar-refractivity contribution < 1.29 is 9.53 Å². The summed E-state index contributed by atoms with van der Waals surface area (Å²) in [6, 6.07) is 8.49. The van der Waals surface area contributed by atoms with Crippen molar-refractivity contribution in [2.75, 3.05) is 38.2 Å². The molecule has 1 aromatic carbocycles. The third kappa shape index (κ3) is 4.70. The molecule has 5 heteroatoms. The summed E-state index contributed by atoms with van der Waals surface area (Å²) in [5.74, 6) is 1.11. The maximum Gasteiger partial charge on any atom is 0.237 e. The van der Waals surface area contributed by atoms with Gasteiger partial charge in [0, 0.05) is 30.9 Å². The number of amides is 1. The highest BCUT2D eigenvalue weighted by molar-refractivity contribution is 5.82. The highest BCUT2D eigenvalue weighted by Crippen LogP contribution is 2.24. The minimum Gasteiger partial charge on any atom is -0.497 e. The molecule has 0 aromatic heterocycles. The van der Waals surface area contributed by atoms with Crippen LogP contribution in [-0.4, -0.2) is 56.2 Å². The molecule has 0 aliphatic carbocycles. The standard InChI is InChI=1S/C21H33N3O2/c1-3-12-23-13-5-4-11-20(23)21(25)22-17-8-7-14-24(16-17)18-9-6-10-19(15-18)26-2/h6,9-10,15,17,20H,3-5,7-8,11-14,16H2,1-2H3,(H,22,25). The Bertz CT molecular complexity index is 590. The van der Waals surface area contributed by atoms with E-state index >= 15 is 0 Å². The smallest absolute Gasteiger partial charge is 0.237 e. The van der Waals surface area contributed by atoms with Crippen LogP contribution in [0.2, 0.25) is 0 Å². The van der Waals surface area contributed by atoms with Gasteiger partial charge in [-0.1, -0.05) is 19.4 Å². The van der Waals surface area contributed by atoms with Gasteiger partial charge in [-0.2, -0.15) is 0 Å². The number of hydrogen-bond acceptors (Lipinski definition) is 4. The quantitative estimate of drug-likeness (QED) is 0.848. The molecule has 2 fully saturated rings. The number of hydrogen-bond donors (Lipinski definition) is 1. The van der Waals surface area contributed by atoms with Gasteiger partial charge in [-0.3, -0.25) is 9.69 Å². The molecule has 0 bridgehead atoms. The Labute approximate surface area is 157 Å². The Hall–Kier alpha value is -1.75. The number of likely N-dealkylation sites (tertiary alicyclic amines) is 1. The monoisotopic (exact) mass is 359 g/mol. The first-order chi connectivity index (χ1) is 12.7. The predicted molar refractivity (Wildman–Crippen MR) is 106 cm³/mol. The zero-order valence-corrected chi connectivity index (χ0v) is 16.2. The van der Waals surface area contributed by atoms with Crippen molar-refractivity contribution in [3.63, 3.8) is 0 Å². The van der Waals surface area contributed by atoms with E-state index in [9.17, 15) is 4.79 Å². The SMILES string of the molecule is CCCN1CCCCC1C(=O)NC1CCCN(c2cccc(OC)c2)C1. The molecular formula is C21H33N3O2. The van der Waals surface area contributed by atoms with Gasteiger partial charge in [0.1, 0.15) is 5.75 Å². The lowest BCUT2D eigenvalue weighted by Crippen LogP contribution is -2.55. The maximum atomic E-state index is 12.9. The lowest BCUT2D eigenvalue weighted by molar-refractivity contribution is -0.128. The largest absolute Gasteiger partial charge is 0.497 e. The van der Waals surface area contributed by atoms with Crippen molar-refractivity contribution in [2.45, 2.75) is 57.5 Å². The molecule has 2 aliphatic rings. The van der Waals surface area contributed by atoms with Crippen LogP contribution in [-0.2, 0) is 4.79 Å². The minimum atomic E-state index is 0.0656. The van der Waals surface area contributed by atoms with Gasteiger partial charge in [0.25, 0.3) is 0 Å². The molecule has 2 unspecified atom stereocenters. The number of nitrogens with one attached hydrogen (secondary N) is 1. The molecule has 2 heterocycles. The Balaban J connectivity index is 1.59. The van der Waals surface area contributed by atoms with E-state index in [1.54, 1.807) is 7.11 Å². The second-order valence-corrected chi connectivity index (χ2v) is 7.54. The van der Waals surface area contributed by atoms with Gasteiger partial charge in [0.05, 0.1) is 13.2 Å². The molecule has 2 atom stereocenters. The second-order valence-electron chi connectivity index (χ2n) is 7.54. The summed E-state index contributed by atoms with van der Waals surface area (Å²) in [6.07, 6.45) is 6.66. The fraction of sp³-hybridized carbons (Fsp3) is 0.667. The maximum absolute atomic E-state index is 12.9. The van der Waals surface area contributed by atoms with E-state index in [2.05, 4.69) is 34.2 Å². The van der Waals surface area contributed by atoms with Gasteiger partial charge in [0.15, 0.2) is 0 Å². The van der Waals surface area contributed by atoms with E-state index in [4.69, 9.17) is 4.74 Å². The molecule has 1 amide bonds. The third-order valence-corrected chi connectivity index (χ3v) is 5.61. The van der Waals surface area contributed by atoms with E-state index in [-0.39, 0.29) is 18.0 Å². The normalized spacial score (nSPS) is 24.3. The Kier molecular flexibility index (Phi) is 6.78. The van der Waals surface area contributed by atoms with Crippen molar-refractivity contribution >= 4 is 11.6 Å². The molecule has 2 aliphatic heterocycles. The first kappa shape index (κ1) is 19.0. The van der Waals surface area contributed by atoms with Crippen molar-refractivity contribution in [3.8, 4) is 5.75 Å². The fourth-order valence-electron chi connectivity index (χ4n) is 4.28. The van der Waals surface area contributed by atoms with Crippen molar-refractivity contribution in [3.05, 3.63) is 24.3 Å². The highest BCUT2D eigenvalue weighted by Gasteiger charge is 2.30. The number of nitrogens with zero attached hydrogens (tertiary/aromatic N) is 2. The van der Waals surface area contributed by atoms with Crippen LogP contribution in [0.3, 0.4) is 0 Å². The van der Waals surface area contributed by atoms with Crippen LogP contribution in [0.15, 0.2) is 24.3 Å². The molecule has 1 aromatic rings. The number of carbonyl (C=O) groups excluding carboxylic acids is 1. The number of piperidine rings is 2. The molecule has 3 rings (SSSR count). The number of benzene rings is 1. The van der Waals surface area contributed by atoms with E-state index < -0.39 is 0 Å². The Morgan fingerprint density at radius 1 is 1.23 bits per heavy atom. The molecule has 0 radical (unpaired) electrons. The van der Waals surface area contributed by atoms with E-state index in [1.807, 2.05) is 12.1 Å². The number of anilines is 1. The van der Waals surface area contributed by atoms with Crippen molar-refractivity contribution in [2.24, 2.45) is 0 Å². The summed E-state index contributed by atoms with van der Waals surface area (Å²) in [4.78, 5) is 17.6. The van der Waals surface area contributed by atoms with Gasteiger partial charge >= 0.3 is 0 Å². The predicted octanol–water partition coefficient (Wildman–Crippen LogP) is 3.04. The summed E-state index contributed by atoms with van der Waals surface area (Å²) in [6.45, 7) is 6.19. The van der Waals surface area contributed by atoms with Crippen LogP contribution in [0.4, 0.5) is 5.69 Å². The number of carbonyl (C=O) groups is 1. The van der Waals surface area contributed by atoms with Gasteiger partial charge in [-0.25, -0.2) is 0 Å².